The number of carbonyl (C=O) groups excluding carboxylic acids is 1. The van der Waals surface area contributed by atoms with Crippen molar-refractivity contribution >= 4 is 28.4 Å². The lowest BCUT2D eigenvalue weighted by molar-refractivity contribution is -0.149. The van der Waals surface area contributed by atoms with Crippen LogP contribution >= 0.6 is 22.6 Å². The molecule has 1 aromatic carbocycles. The van der Waals surface area contributed by atoms with Gasteiger partial charge < -0.3 is 9.47 Å². The molecule has 1 unspecified atom stereocenters. The van der Waals surface area contributed by atoms with E-state index in [0.29, 0.717) is 5.75 Å². The lowest BCUT2D eigenvalue weighted by atomic mass is 10.0. The topological polar surface area (TPSA) is 66.2 Å². The first-order chi connectivity index (χ1) is 9.94. The van der Waals surface area contributed by atoms with Crippen molar-refractivity contribution in [1.82, 2.24) is 14.8 Å². The number of ether oxygens (including phenoxy) is 2. The summed E-state index contributed by atoms with van der Waals surface area (Å²) in [5.74, 6) is 0.338. The predicted octanol–water partition coefficient (Wildman–Crippen LogP) is 2.45. The van der Waals surface area contributed by atoms with Gasteiger partial charge in [-0.3, -0.25) is 4.79 Å². The Hall–Kier alpha value is -1.48. The normalized spacial score (nSPS) is 13.0. The number of hydrogen-bond donors (Lipinski definition) is 0. The maximum atomic E-state index is 12.6. The standard InChI is InChI=1S/C14H16IN3O3/c1-14(2,20-3)12(19)13(18-9-16-8-17-18)21-11-6-4-10(15)5-7-11/h4-9,13H,1-3H3. The molecular weight excluding hydrogens is 385 g/mol. The summed E-state index contributed by atoms with van der Waals surface area (Å²) >= 11 is 2.20. The highest BCUT2D eigenvalue weighted by atomic mass is 127. The largest absolute Gasteiger partial charge is 0.461 e. The van der Waals surface area contributed by atoms with Gasteiger partial charge in [-0.05, 0) is 60.7 Å². The highest BCUT2D eigenvalue weighted by Gasteiger charge is 2.37. The minimum absolute atomic E-state index is 0.242. The molecule has 112 valence electrons. The second-order valence-electron chi connectivity index (χ2n) is 4.88. The molecule has 7 heteroatoms. The van der Waals surface area contributed by atoms with Crippen molar-refractivity contribution in [3.8, 4) is 5.75 Å². The molecule has 2 aromatic rings. The summed E-state index contributed by atoms with van der Waals surface area (Å²) in [6, 6.07) is 7.41. The van der Waals surface area contributed by atoms with E-state index in [4.69, 9.17) is 9.47 Å². The summed E-state index contributed by atoms with van der Waals surface area (Å²) in [5.41, 5.74) is -0.986. The quantitative estimate of drug-likeness (QED) is 0.696. The van der Waals surface area contributed by atoms with Gasteiger partial charge in [-0.2, -0.15) is 5.10 Å². The van der Waals surface area contributed by atoms with Crippen LogP contribution in [-0.2, 0) is 9.53 Å². The van der Waals surface area contributed by atoms with Gasteiger partial charge in [0.15, 0.2) is 0 Å². The Morgan fingerprint density at radius 3 is 2.52 bits per heavy atom. The lowest BCUT2D eigenvalue weighted by Gasteiger charge is -2.27. The summed E-state index contributed by atoms with van der Waals surface area (Å²) in [6.07, 6.45) is 1.88. The van der Waals surface area contributed by atoms with E-state index in [9.17, 15) is 4.79 Å². The molecule has 6 nitrogen and oxygen atoms in total. The van der Waals surface area contributed by atoms with Gasteiger partial charge in [0, 0.05) is 10.7 Å². The van der Waals surface area contributed by atoms with Crippen LogP contribution in [0.4, 0.5) is 0 Å². The van der Waals surface area contributed by atoms with Crippen molar-refractivity contribution in [3.63, 3.8) is 0 Å². The average molecular weight is 401 g/mol. The van der Waals surface area contributed by atoms with E-state index in [2.05, 4.69) is 32.7 Å². The van der Waals surface area contributed by atoms with Gasteiger partial charge in [0.25, 0.3) is 6.23 Å². The van der Waals surface area contributed by atoms with Crippen LogP contribution in [-0.4, -0.2) is 33.3 Å². The number of Topliss-reactive ketones (excluding diaryl/α,β-unsaturated/α-hetero) is 1. The number of carbonyl (C=O) groups is 1. The Morgan fingerprint density at radius 1 is 1.33 bits per heavy atom. The second-order valence-corrected chi connectivity index (χ2v) is 6.12. The molecule has 0 N–H and O–H groups in total. The van der Waals surface area contributed by atoms with E-state index >= 15 is 0 Å². The first kappa shape index (κ1) is 15.9. The Labute approximate surface area is 136 Å². The summed E-state index contributed by atoms with van der Waals surface area (Å²) < 4.78 is 13.5. The Balaban J connectivity index is 2.29. The zero-order valence-electron chi connectivity index (χ0n) is 12.0. The number of rotatable bonds is 6. The Kier molecular flexibility index (Phi) is 4.94. The molecule has 1 heterocycles. The lowest BCUT2D eigenvalue weighted by Crippen LogP contribution is -2.42. The SMILES string of the molecule is COC(C)(C)C(=O)C(Oc1ccc(I)cc1)n1cncn1. The third kappa shape index (κ3) is 3.79. The Morgan fingerprint density at radius 2 is 2.00 bits per heavy atom. The monoisotopic (exact) mass is 401 g/mol. The number of ketones is 1. The van der Waals surface area contributed by atoms with E-state index < -0.39 is 11.8 Å². The van der Waals surface area contributed by atoms with Crippen LogP contribution in [0.2, 0.25) is 0 Å². The van der Waals surface area contributed by atoms with Crippen LogP contribution in [0.3, 0.4) is 0 Å². The fraction of sp³-hybridized carbons (Fsp3) is 0.357. The molecule has 0 saturated heterocycles. The number of aromatic nitrogens is 3. The highest BCUT2D eigenvalue weighted by molar-refractivity contribution is 14.1. The van der Waals surface area contributed by atoms with E-state index in [1.807, 2.05) is 12.1 Å². The maximum Gasteiger partial charge on any atom is 0.254 e. The van der Waals surface area contributed by atoms with Gasteiger partial charge in [0.2, 0.25) is 5.78 Å². The van der Waals surface area contributed by atoms with Crippen LogP contribution in [0, 0.1) is 3.57 Å². The molecule has 0 bridgehead atoms. The predicted molar refractivity (Wildman–Crippen MR) is 84.9 cm³/mol. The highest BCUT2D eigenvalue weighted by Crippen LogP contribution is 2.24. The fourth-order valence-corrected chi connectivity index (χ4v) is 1.97. The van der Waals surface area contributed by atoms with E-state index in [-0.39, 0.29) is 5.78 Å². The molecule has 0 aliphatic heterocycles. The van der Waals surface area contributed by atoms with E-state index in [1.54, 1.807) is 26.0 Å². The molecule has 1 aromatic heterocycles. The number of hydrogen-bond acceptors (Lipinski definition) is 5. The van der Waals surface area contributed by atoms with Gasteiger partial charge in [-0.25, -0.2) is 9.67 Å². The molecule has 0 fully saturated rings. The number of nitrogens with zero attached hydrogens (tertiary/aromatic N) is 3. The van der Waals surface area contributed by atoms with Crippen molar-refractivity contribution in [1.29, 1.82) is 0 Å². The molecule has 1 atom stereocenters. The van der Waals surface area contributed by atoms with Crippen molar-refractivity contribution in [3.05, 3.63) is 40.5 Å². The summed E-state index contributed by atoms with van der Waals surface area (Å²) in [4.78, 5) is 16.5. The molecule has 0 amide bonds. The van der Waals surface area contributed by atoms with E-state index in [1.165, 1.54) is 24.4 Å². The third-order valence-corrected chi connectivity index (χ3v) is 3.79. The van der Waals surface area contributed by atoms with Crippen LogP contribution in [0.25, 0.3) is 0 Å². The number of benzene rings is 1. The molecule has 0 saturated carbocycles. The van der Waals surface area contributed by atoms with Gasteiger partial charge in [-0.15, -0.1) is 0 Å². The molecule has 0 aliphatic carbocycles. The summed E-state index contributed by atoms with van der Waals surface area (Å²) in [6.45, 7) is 3.38. The second kappa shape index (κ2) is 6.52. The minimum atomic E-state index is -0.986. The first-order valence-electron chi connectivity index (χ1n) is 6.30. The van der Waals surface area contributed by atoms with Crippen LogP contribution in [0.1, 0.15) is 20.1 Å². The summed E-state index contributed by atoms with van der Waals surface area (Å²) in [5, 5.41) is 4.00. The van der Waals surface area contributed by atoms with Gasteiger partial charge >= 0.3 is 0 Å². The van der Waals surface area contributed by atoms with Crippen molar-refractivity contribution in [2.45, 2.75) is 25.7 Å². The molecular formula is C14H16IN3O3. The minimum Gasteiger partial charge on any atom is -0.461 e. The molecule has 2 rings (SSSR count). The third-order valence-electron chi connectivity index (χ3n) is 3.07. The molecule has 0 aliphatic rings. The van der Waals surface area contributed by atoms with Crippen molar-refractivity contribution in [2.24, 2.45) is 0 Å². The Bertz CT molecular complexity index is 596. The maximum absolute atomic E-state index is 12.6. The van der Waals surface area contributed by atoms with Gasteiger partial charge in [-0.1, -0.05) is 0 Å². The zero-order valence-corrected chi connectivity index (χ0v) is 14.1. The first-order valence-corrected chi connectivity index (χ1v) is 7.38. The van der Waals surface area contributed by atoms with Gasteiger partial charge in [0.1, 0.15) is 24.0 Å². The smallest absolute Gasteiger partial charge is 0.254 e. The van der Waals surface area contributed by atoms with Gasteiger partial charge in [0.05, 0.1) is 0 Å². The van der Waals surface area contributed by atoms with Crippen LogP contribution < -0.4 is 4.74 Å². The fourth-order valence-electron chi connectivity index (χ4n) is 1.61. The summed E-state index contributed by atoms with van der Waals surface area (Å²) in [7, 11) is 1.49. The number of methoxy groups -OCH3 is 1. The van der Waals surface area contributed by atoms with Crippen molar-refractivity contribution in [2.75, 3.05) is 7.11 Å². The van der Waals surface area contributed by atoms with Crippen LogP contribution in [0.15, 0.2) is 36.9 Å². The van der Waals surface area contributed by atoms with Crippen molar-refractivity contribution < 1.29 is 14.3 Å². The molecule has 0 spiro atoms. The molecule has 21 heavy (non-hydrogen) atoms. The van der Waals surface area contributed by atoms with E-state index in [0.717, 1.165) is 3.57 Å². The average Bonchev–Trinajstić information content (AvgIpc) is 3.00. The number of halogens is 1. The molecule has 0 radical (unpaired) electrons. The van der Waals surface area contributed by atoms with Crippen LogP contribution in [0.5, 0.6) is 5.75 Å². The zero-order chi connectivity index (χ0) is 15.5.